The van der Waals surface area contributed by atoms with Gasteiger partial charge in [-0.15, -0.1) is 0 Å². The first-order valence-corrected chi connectivity index (χ1v) is 9.48. The molecule has 0 aromatic heterocycles. The normalized spacial score (nSPS) is 12.2. The molecule has 0 saturated heterocycles. The molecule has 3 N–H and O–H groups in total. The zero-order valence-electron chi connectivity index (χ0n) is 17.1. The summed E-state index contributed by atoms with van der Waals surface area (Å²) < 4.78 is 0. The summed E-state index contributed by atoms with van der Waals surface area (Å²) >= 11 is 0. The minimum atomic E-state index is -0.606. The van der Waals surface area contributed by atoms with E-state index in [-0.39, 0.29) is 17.2 Å². The molecule has 0 unspecified atom stereocenters. The topological polar surface area (TPSA) is 60.7 Å². The van der Waals surface area contributed by atoms with Crippen molar-refractivity contribution < 1.29 is 15.3 Å². The molecule has 3 aromatic carbocycles. The fourth-order valence-corrected chi connectivity index (χ4v) is 4.03. The molecule has 0 bridgehead atoms. The maximum absolute atomic E-state index is 11.3. The van der Waals surface area contributed by atoms with Crippen LogP contribution in [-0.4, -0.2) is 15.3 Å². The molecule has 28 heavy (non-hydrogen) atoms. The van der Waals surface area contributed by atoms with Crippen molar-refractivity contribution in [2.75, 3.05) is 0 Å². The fourth-order valence-electron chi connectivity index (χ4n) is 4.03. The van der Waals surface area contributed by atoms with E-state index in [0.717, 1.165) is 27.8 Å². The van der Waals surface area contributed by atoms with Crippen molar-refractivity contribution >= 4 is 0 Å². The third kappa shape index (κ3) is 3.22. The minimum Gasteiger partial charge on any atom is -0.508 e. The number of para-hydroxylation sites is 2. The smallest absolute Gasteiger partial charge is 0.123 e. The lowest BCUT2D eigenvalue weighted by Crippen LogP contribution is -2.24. The largest absolute Gasteiger partial charge is 0.508 e. The lowest BCUT2D eigenvalue weighted by Gasteiger charge is -2.33. The number of benzene rings is 3. The van der Waals surface area contributed by atoms with E-state index in [4.69, 9.17) is 0 Å². The highest BCUT2D eigenvalue weighted by Gasteiger charge is 2.35. The molecule has 3 nitrogen and oxygen atoms in total. The van der Waals surface area contributed by atoms with Crippen LogP contribution < -0.4 is 0 Å². The van der Waals surface area contributed by atoms with Crippen molar-refractivity contribution in [1.29, 1.82) is 0 Å². The lowest BCUT2D eigenvalue weighted by atomic mass is 9.71. The summed E-state index contributed by atoms with van der Waals surface area (Å²) in [6, 6.07) is 18.4. The highest BCUT2D eigenvalue weighted by Crippen LogP contribution is 2.47. The van der Waals surface area contributed by atoms with Crippen molar-refractivity contribution in [1.82, 2.24) is 0 Å². The molecule has 0 spiro atoms. The van der Waals surface area contributed by atoms with E-state index in [1.165, 1.54) is 0 Å². The van der Waals surface area contributed by atoms with Gasteiger partial charge >= 0.3 is 0 Å². The zero-order chi connectivity index (χ0) is 20.7. The lowest BCUT2D eigenvalue weighted by molar-refractivity contribution is 0.418. The highest BCUT2D eigenvalue weighted by atomic mass is 16.3. The number of rotatable bonds is 4. The Morgan fingerprint density at radius 3 is 1.29 bits per heavy atom. The second kappa shape index (κ2) is 6.90. The van der Waals surface area contributed by atoms with Gasteiger partial charge in [-0.3, -0.25) is 0 Å². The first kappa shape index (κ1) is 19.8. The molecule has 0 aliphatic carbocycles. The Kier molecular flexibility index (Phi) is 4.88. The van der Waals surface area contributed by atoms with E-state index in [1.54, 1.807) is 24.3 Å². The second-order valence-corrected chi connectivity index (χ2v) is 8.49. The van der Waals surface area contributed by atoms with Gasteiger partial charge in [0.25, 0.3) is 0 Å². The third-order valence-electron chi connectivity index (χ3n) is 5.76. The maximum atomic E-state index is 11.3. The van der Waals surface area contributed by atoms with Gasteiger partial charge in [-0.25, -0.2) is 0 Å². The maximum Gasteiger partial charge on any atom is 0.123 e. The molecule has 0 heterocycles. The van der Waals surface area contributed by atoms with Crippen LogP contribution >= 0.6 is 0 Å². The monoisotopic (exact) mass is 376 g/mol. The molecular weight excluding hydrogens is 348 g/mol. The Balaban J connectivity index is 2.24. The van der Waals surface area contributed by atoms with E-state index in [1.807, 2.05) is 71.0 Å². The Morgan fingerprint density at radius 1 is 0.571 bits per heavy atom. The van der Waals surface area contributed by atoms with E-state index in [9.17, 15) is 15.3 Å². The number of phenols is 3. The standard InChI is InChI=1S/C25H28O3/c1-16-14-19(24(2,3)17-10-6-8-12-21(17)26)23(28)20(15-16)25(4,5)18-11-7-9-13-22(18)27/h6-15,26-28H,1-5H3. The first-order chi connectivity index (χ1) is 13.1. The van der Waals surface area contributed by atoms with Gasteiger partial charge in [0.05, 0.1) is 0 Å². The number of hydrogen-bond donors (Lipinski definition) is 3. The summed E-state index contributed by atoms with van der Waals surface area (Å²) in [4.78, 5) is 0. The minimum absolute atomic E-state index is 0.187. The van der Waals surface area contributed by atoms with Crippen molar-refractivity contribution in [3.05, 3.63) is 88.5 Å². The van der Waals surface area contributed by atoms with Gasteiger partial charge in [-0.1, -0.05) is 81.8 Å². The van der Waals surface area contributed by atoms with Crippen LogP contribution in [0.4, 0.5) is 0 Å². The number of aromatic hydroxyl groups is 3. The molecule has 0 atom stereocenters. The molecule has 3 aromatic rings. The van der Waals surface area contributed by atoms with Crippen LogP contribution in [0, 0.1) is 6.92 Å². The number of aryl methyl sites for hydroxylation is 1. The molecule has 0 aliphatic rings. The molecule has 0 amide bonds. The first-order valence-electron chi connectivity index (χ1n) is 9.48. The van der Waals surface area contributed by atoms with Gasteiger partial charge in [-0.05, 0) is 19.1 Å². The molecule has 0 aliphatic heterocycles. The van der Waals surface area contributed by atoms with Gasteiger partial charge in [0.1, 0.15) is 17.2 Å². The van der Waals surface area contributed by atoms with E-state index in [0.29, 0.717) is 0 Å². The quantitative estimate of drug-likeness (QED) is 0.542. The molecule has 0 fully saturated rings. The number of hydrogen-bond acceptors (Lipinski definition) is 3. The zero-order valence-corrected chi connectivity index (χ0v) is 17.1. The molecule has 0 saturated carbocycles. The Morgan fingerprint density at radius 2 is 0.929 bits per heavy atom. The summed E-state index contributed by atoms with van der Waals surface area (Å²) in [6.07, 6.45) is 0. The van der Waals surface area contributed by atoms with Crippen LogP contribution in [-0.2, 0) is 10.8 Å². The van der Waals surface area contributed by atoms with Crippen LogP contribution in [0.5, 0.6) is 17.2 Å². The summed E-state index contributed by atoms with van der Waals surface area (Å²) in [5.41, 5.74) is 2.79. The Bertz CT molecular complexity index is 937. The Labute approximate surface area is 166 Å². The number of phenolic OH excluding ortho intramolecular Hbond substituents is 3. The van der Waals surface area contributed by atoms with E-state index in [2.05, 4.69) is 0 Å². The van der Waals surface area contributed by atoms with Gasteiger partial charge in [0.15, 0.2) is 0 Å². The molecule has 3 rings (SSSR count). The van der Waals surface area contributed by atoms with Crippen LogP contribution in [0.3, 0.4) is 0 Å². The highest BCUT2D eigenvalue weighted by molar-refractivity contribution is 5.58. The van der Waals surface area contributed by atoms with Crippen LogP contribution in [0.2, 0.25) is 0 Å². The SMILES string of the molecule is Cc1cc(C(C)(C)c2ccccc2O)c(O)c(C(C)(C)c2ccccc2O)c1. The van der Waals surface area contributed by atoms with Gasteiger partial charge in [-0.2, -0.15) is 0 Å². The summed E-state index contributed by atoms with van der Waals surface area (Å²) in [5.74, 6) is 0.594. The van der Waals surface area contributed by atoms with Gasteiger partial charge in [0.2, 0.25) is 0 Å². The molecule has 0 radical (unpaired) electrons. The summed E-state index contributed by atoms with van der Waals surface area (Å²) in [6.45, 7) is 9.97. The van der Waals surface area contributed by atoms with E-state index >= 15 is 0 Å². The molecule has 3 heteroatoms. The molecule has 146 valence electrons. The van der Waals surface area contributed by atoms with Crippen molar-refractivity contribution in [3.63, 3.8) is 0 Å². The summed E-state index contributed by atoms with van der Waals surface area (Å²) in [7, 11) is 0. The van der Waals surface area contributed by atoms with Gasteiger partial charge in [0, 0.05) is 33.1 Å². The second-order valence-electron chi connectivity index (χ2n) is 8.49. The summed E-state index contributed by atoms with van der Waals surface area (Å²) in [5, 5.41) is 32.1. The van der Waals surface area contributed by atoms with Crippen LogP contribution in [0.15, 0.2) is 60.7 Å². The van der Waals surface area contributed by atoms with E-state index < -0.39 is 10.8 Å². The average molecular weight is 376 g/mol. The van der Waals surface area contributed by atoms with Crippen molar-refractivity contribution in [2.45, 2.75) is 45.4 Å². The fraction of sp³-hybridized carbons (Fsp3) is 0.280. The van der Waals surface area contributed by atoms with Crippen LogP contribution in [0.25, 0.3) is 0 Å². The van der Waals surface area contributed by atoms with Crippen molar-refractivity contribution in [2.24, 2.45) is 0 Å². The Hall–Kier alpha value is -2.94. The predicted molar refractivity (Wildman–Crippen MR) is 113 cm³/mol. The molecular formula is C25H28O3. The third-order valence-corrected chi connectivity index (χ3v) is 5.76. The van der Waals surface area contributed by atoms with Crippen molar-refractivity contribution in [3.8, 4) is 17.2 Å². The predicted octanol–water partition coefficient (Wildman–Crippen LogP) is 5.76. The van der Waals surface area contributed by atoms with Gasteiger partial charge < -0.3 is 15.3 Å². The van der Waals surface area contributed by atoms with Crippen LogP contribution in [0.1, 0.15) is 55.5 Å². The average Bonchev–Trinajstić information content (AvgIpc) is 2.63.